The Hall–Kier alpha value is -3.06. The van der Waals surface area contributed by atoms with Gasteiger partial charge in [0.2, 0.25) is 0 Å². The largest absolute Gasteiger partial charge is 0.365 e. The Labute approximate surface area is 153 Å². The summed E-state index contributed by atoms with van der Waals surface area (Å²) in [5, 5.41) is 13.8. The van der Waals surface area contributed by atoms with E-state index in [4.69, 9.17) is 11.6 Å². The highest BCUT2D eigenvalue weighted by Crippen LogP contribution is 2.16. The highest BCUT2D eigenvalue weighted by molar-refractivity contribution is 6.30. The molecule has 2 N–H and O–H groups in total. The van der Waals surface area contributed by atoms with Gasteiger partial charge in [0.1, 0.15) is 17.5 Å². The van der Waals surface area contributed by atoms with Crippen molar-refractivity contribution >= 4 is 29.0 Å². The molecule has 0 unspecified atom stereocenters. The number of hydrogen-bond donors (Lipinski definition) is 2. The minimum atomic E-state index is -0.868. The number of aromatic nitrogens is 2. The van der Waals surface area contributed by atoms with Crippen molar-refractivity contribution < 1.29 is 13.6 Å². The van der Waals surface area contributed by atoms with Crippen molar-refractivity contribution in [3.05, 3.63) is 82.5 Å². The average molecular weight is 375 g/mol. The minimum absolute atomic E-state index is 0.00534. The molecule has 132 valence electrons. The fraction of sp³-hybridized carbons (Fsp3) is 0.0556. The van der Waals surface area contributed by atoms with Gasteiger partial charge in [0.05, 0.1) is 5.69 Å². The van der Waals surface area contributed by atoms with Gasteiger partial charge in [-0.2, -0.15) is 0 Å². The van der Waals surface area contributed by atoms with Crippen molar-refractivity contribution in [3.8, 4) is 0 Å². The lowest BCUT2D eigenvalue weighted by atomic mass is 10.2. The van der Waals surface area contributed by atoms with Crippen molar-refractivity contribution in [1.82, 2.24) is 10.2 Å². The third-order valence-electron chi connectivity index (χ3n) is 3.46. The number of benzene rings is 2. The summed E-state index contributed by atoms with van der Waals surface area (Å²) in [6.07, 6.45) is 0. The van der Waals surface area contributed by atoms with Gasteiger partial charge in [-0.25, -0.2) is 8.78 Å². The Kier molecular flexibility index (Phi) is 5.38. The molecular weight excluding hydrogens is 362 g/mol. The van der Waals surface area contributed by atoms with Crippen molar-refractivity contribution in [2.75, 3.05) is 10.6 Å². The van der Waals surface area contributed by atoms with Crippen LogP contribution in [0.5, 0.6) is 0 Å². The van der Waals surface area contributed by atoms with E-state index in [2.05, 4.69) is 20.8 Å². The minimum Gasteiger partial charge on any atom is -0.365 e. The zero-order valence-electron chi connectivity index (χ0n) is 13.3. The molecule has 0 saturated heterocycles. The predicted octanol–water partition coefficient (Wildman–Crippen LogP) is 4.27. The quantitative estimate of drug-likeness (QED) is 0.699. The molecule has 5 nitrogen and oxygen atoms in total. The van der Waals surface area contributed by atoms with Crippen molar-refractivity contribution in [1.29, 1.82) is 0 Å². The number of amides is 1. The Balaban J connectivity index is 1.61. The van der Waals surface area contributed by atoms with E-state index in [0.29, 0.717) is 23.5 Å². The van der Waals surface area contributed by atoms with Crippen LogP contribution in [0, 0.1) is 11.6 Å². The van der Waals surface area contributed by atoms with E-state index in [1.54, 1.807) is 18.2 Å². The Morgan fingerprint density at radius 3 is 2.42 bits per heavy atom. The molecule has 1 heterocycles. The van der Waals surface area contributed by atoms with Crippen molar-refractivity contribution in [2.24, 2.45) is 0 Å². The predicted molar refractivity (Wildman–Crippen MR) is 95.1 cm³/mol. The Bertz CT molecular complexity index is 917. The summed E-state index contributed by atoms with van der Waals surface area (Å²) >= 11 is 5.83. The highest BCUT2D eigenvalue weighted by Gasteiger charge is 2.12. The molecule has 0 saturated carbocycles. The van der Waals surface area contributed by atoms with Gasteiger partial charge < -0.3 is 10.6 Å². The molecule has 8 heteroatoms. The number of rotatable bonds is 5. The molecule has 0 bridgehead atoms. The zero-order valence-corrected chi connectivity index (χ0v) is 14.1. The molecule has 0 aliphatic rings. The van der Waals surface area contributed by atoms with E-state index in [9.17, 15) is 13.6 Å². The van der Waals surface area contributed by atoms with Gasteiger partial charge in [-0.15, -0.1) is 10.2 Å². The zero-order chi connectivity index (χ0) is 18.5. The second-order valence-electron chi connectivity index (χ2n) is 5.36. The molecule has 1 aromatic heterocycles. The van der Waals surface area contributed by atoms with Gasteiger partial charge in [0, 0.05) is 17.6 Å². The molecule has 0 aliphatic carbocycles. The molecular formula is C18H13ClF2N4O. The number of carbonyl (C=O) groups is 1. The summed E-state index contributed by atoms with van der Waals surface area (Å²) in [6, 6.07) is 13.2. The van der Waals surface area contributed by atoms with Crippen LogP contribution in [0.2, 0.25) is 5.02 Å². The lowest BCUT2D eigenvalue weighted by Gasteiger charge is -2.07. The summed E-state index contributed by atoms with van der Waals surface area (Å²) in [6.45, 7) is 0.512. The van der Waals surface area contributed by atoms with E-state index in [0.717, 1.165) is 17.7 Å². The monoisotopic (exact) mass is 374 g/mol. The first-order valence-corrected chi connectivity index (χ1v) is 7.97. The molecule has 0 radical (unpaired) electrons. The smallest absolute Gasteiger partial charge is 0.276 e. The van der Waals surface area contributed by atoms with Crippen LogP contribution in [0.4, 0.5) is 20.3 Å². The van der Waals surface area contributed by atoms with E-state index < -0.39 is 17.5 Å². The van der Waals surface area contributed by atoms with Gasteiger partial charge in [-0.3, -0.25) is 4.79 Å². The molecule has 0 atom stereocenters. The Morgan fingerprint density at radius 2 is 1.77 bits per heavy atom. The van der Waals surface area contributed by atoms with Crippen LogP contribution in [0.25, 0.3) is 0 Å². The number of nitrogens with one attached hydrogen (secondary N) is 2. The molecule has 2 aromatic carbocycles. The van der Waals surface area contributed by atoms with Gasteiger partial charge in [-0.1, -0.05) is 23.7 Å². The van der Waals surface area contributed by atoms with Crippen LogP contribution in [-0.4, -0.2) is 16.1 Å². The standard InChI is InChI=1S/C18H13ClF2N4O/c19-12-3-1-11(2-4-12)10-22-17-8-7-16(24-25-17)18(26)23-15-6-5-13(20)9-14(15)21/h1-9H,10H2,(H,22,25)(H,23,26). The SMILES string of the molecule is O=C(Nc1ccc(F)cc1F)c1ccc(NCc2ccc(Cl)cc2)nn1. The lowest BCUT2D eigenvalue weighted by molar-refractivity contribution is 0.102. The molecule has 0 fully saturated rings. The van der Waals surface area contributed by atoms with E-state index in [1.807, 2.05) is 12.1 Å². The van der Waals surface area contributed by atoms with E-state index in [1.165, 1.54) is 6.07 Å². The van der Waals surface area contributed by atoms with Crippen LogP contribution in [0.15, 0.2) is 54.6 Å². The third kappa shape index (κ3) is 4.52. The number of carbonyl (C=O) groups excluding carboxylic acids is 1. The molecule has 0 aliphatic heterocycles. The van der Waals surface area contributed by atoms with Gasteiger partial charge in [-0.05, 0) is 42.0 Å². The fourth-order valence-electron chi connectivity index (χ4n) is 2.12. The maximum absolute atomic E-state index is 13.6. The number of anilines is 2. The normalized spacial score (nSPS) is 10.4. The van der Waals surface area contributed by atoms with Crippen LogP contribution in [0.3, 0.4) is 0 Å². The molecule has 26 heavy (non-hydrogen) atoms. The first-order chi connectivity index (χ1) is 12.5. The van der Waals surface area contributed by atoms with E-state index >= 15 is 0 Å². The topological polar surface area (TPSA) is 66.9 Å². The molecule has 3 rings (SSSR count). The van der Waals surface area contributed by atoms with Crippen molar-refractivity contribution in [2.45, 2.75) is 6.54 Å². The molecule has 0 spiro atoms. The summed E-state index contributed by atoms with van der Waals surface area (Å²) < 4.78 is 26.4. The summed E-state index contributed by atoms with van der Waals surface area (Å²) in [4.78, 5) is 12.1. The van der Waals surface area contributed by atoms with Crippen LogP contribution in [0.1, 0.15) is 16.1 Å². The molecule has 3 aromatic rings. The van der Waals surface area contributed by atoms with Crippen LogP contribution in [-0.2, 0) is 6.54 Å². The average Bonchev–Trinajstić information content (AvgIpc) is 2.64. The van der Waals surface area contributed by atoms with Gasteiger partial charge in [0.15, 0.2) is 5.69 Å². The second kappa shape index (κ2) is 7.88. The van der Waals surface area contributed by atoms with Crippen LogP contribution >= 0.6 is 11.6 Å². The maximum Gasteiger partial charge on any atom is 0.276 e. The summed E-state index contributed by atoms with van der Waals surface area (Å²) in [5.41, 5.74) is 0.874. The van der Waals surface area contributed by atoms with Gasteiger partial charge >= 0.3 is 0 Å². The highest BCUT2D eigenvalue weighted by atomic mass is 35.5. The summed E-state index contributed by atoms with van der Waals surface area (Å²) in [5.74, 6) is -1.76. The number of halogens is 3. The number of nitrogens with zero attached hydrogens (tertiary/aromatic N) is 2. The van der Waals surface area contributed by atoms with Gasteiger partial charge in [0.25, 0.3) is 5.91 Å². The molecule has 1 amide bonds. The second-order valence-corrected chi connectivity index (χ2v) is 5.80. The first-order valence-electron chi connectivity index (χ1n) is 7.60. The number of hydrogen-bond acceptors (Lipinski definition) is 4. The van der Waals surface area contributed by atoms with Crippen molar-refractivity contribution in [3.63, 3.8) is 0 Å². The fourth-order valence-corrected chi connectivity index (χ4v) is 2.25. The summed E-state index contributed by atoms with van der Waals surface area (Å²) in [7, 11) is 0. The third-order valence-corrected chi connectivity index (χ3v) is 3.72. The maximum atomic E-state index is 13.6. The van der Waals surface area contributed by atoms with E-state index in [-0.39, 0.29) is 11.4 Å². The first kappa shape index (κ1) is 17.8. The Morgan fingerprint density at radius 1 is 1.00 bits per heavy atom. The van der Waals surface area contributed by atoms with Crippen LogP contribution < -0.4 is 10.6 Å². The lowest BCUT2D eigenvalue weighted by Crippen LogP contribution is -2.15.